The van der Waals surface area contributed by atoms with Crippen molar-refractivity contribution >= 4 is 6.41 Å². The predicted octanol–water partition coefficient (Wildman–Crippen LogP) is 0.201. The second-order valence-electron chi connectivity index (χ2n) is 2.67. The number of piperidine rings is 1. The lowest BCUT2D eigenvalue weighted by Gasteiger charge is -2.25. The van der Waals surface area contributed by atoms with Crippen molar-refractivity contribution in [1.82, 2.24) is 4.90 Å². The Hall–Kier alpha value is -0.610. The van der Waals surface area contributed by atoms with Gasteiger partial charge in [-0.25, -0.2) is 0 Å². The van der Waals surface area contributed by atoms with Crippen molar-refractivity contribution in [1.29, 1.82) is 0 Å². The van der Waals surface area contributed by atoms with Gasteiger partial charge < -0.3 is 15.7 Å². The molecular formula is C9H22N2O2. The van der Waals surface area contributed by atoms with Crippen molar-refractivity contribution < 1.29 is 9.90 Å². The molecule has 1 fully saturated rings. The summed E-state index contributed by atoms with van der Waals surface area (Å²) in [6, 6.07) is 0. The first-order chi connectivity index (χ1) is 6.20. The zero-order valence-electron chi connectivity index (χ0n) is 8.86. The highest BCUT2D eigenvalue weighted by Crippen LogP contribution is 2.06. The summed E-state index contributed by atoms with van der Waals surface area (Å²) in [5.41, 5.74) is 4.17. The fraction of sp³-hybridized carbons (Fsp3) is 0.889. The van der Waals surface area contributed by atoms with E-state index in [-0.39, 0.29) is 12.5 Å². The summed E-state index contributed by atoms with van der Waals surface area (Å²) in [6.07, 6.45) is 2.14. The van der Waals surface area contributed by atoms with E-state index in [0.717, 1.165) is 25.9 Å². The molecule has 0 aromatic carbocycles. The Morgan fingerprint density at radius 1 is 1.38 bits per heavy atom. The van der Waals surface area contributed by atoms with Crippen LogP contribution in [0.15, 0.2) is 0 Å². The first-order valence-corrected chi connectivity index (χ1v) is 4.72. The number of carbonyl (C=O) groups excluding carboxylic acids is 1. The van der Waals surface area contributed by atoms with E-state index in [0.29, 0.717) is 0 Å². The Morgan fingerprint density at radius 3 is 1.92 bits per heavy atom. The maximum atomic E-state index is 9.00. The molecule has 0 spiro atoms. The van der Waals surface area contributed by atoms with Gasteiger partial charge in [-0.2, -0.15) is 0 Å². The number of nitrogens with zero attached hydrogens (tertiary/aromatic N) is 1. The third-order valence-electron chi connectivity index (χ3n) is 1.69. The minimum atomic E-state index is -0.0220. The van der Waals surface area contributed by atoms with E-state index < -0.39 is 0 Å². The molecule has 1 heterocycles. The molecule has 80 valence electrons. The van der Waals surface area contributed by atoms with Crippen molar-refractivity contribution in [2.75, 3.05) is 20.1 Å². The minimum Gasteiger partial charge on any atom is -0.393 e. The van der Waals surface area contributed by atoms with E-state index in [1.165, 1.54) is 0 Å². The number of carbonyl (C=O) groups is 1. The molecule has 1 amide bonds. The van der Waals surface area contributed by atoms with Crippen molar-refractivity contribution in [3.05, 3.63) is 0 Å². The maximum Gasteiger partial charge on any atom is 0.204 e. The van der Waals surface area contributed by atoms with Crippen LogP contribution in [0.1, 0.15) is 26.7 Å². The van der Waals surface area contributed by atoms with Gasteiger partial charge in [-0.1, -0.05) is 13.8 Å². The minimum absolute atomic E-state index is 0.0220. The van der Waals surface area contributed by atoms with E-state index >= 15 is 0 Å². The normalized spacial score (nSPS) is 17.5. The van der Waals surface area contributed by atoms with Gasteiger partial charge in [-0.3, -0.25) is 4.79 Å². The van der Waals surface area contributed by atoms with Crippen molar-refractivity contribution in [2.24, 2.45) is 5.73 Å². The van der Waals surface area contributed by atoms with Crippen LogP contribution in [0.2, 0.25) is 0 Å². The standard InChI is InChI=1S/C6H13NO.C2H6.CH3NO/c1-7-4-2-6(8)3-5-7;1-2;2-1-3/h6,8H,2-5H2,1H3;1-2H3;1H,(H2,2,3). The van der Waals surface area contributed by atoms with Crippen LogP contribution in [-0.4, -0.2) is 42.7 Å². The molecular weight excluding hydrogens is 168 g/mol. The average molecular weight is 190 g/mol. The molecule has 0 atom stereocenters. The number of rotatable bonds is 0. The molecule has 0 radical (unpaired) electrons. The molecule has 0 aromatic heterocycles. The maximum absolute atomic E-state index is 9.00. The van der Waals surface area contributed by atoms with Crippen LogP contribution in [-0.2, 0) is 4.79 Å². The SMILES string of the molecule is CC.CN1CCC(O)CC1.NC=O. The molecule has 0 aliphatic carbocycles. The number of hydrogen-bond donors (Lipinski definition) is 2. The van der Waals surface area contributed by atoms with Crippen LogP contribution in [0.3, 0.4) is 0 Å². The number of aliphatic hydroxyl groups excluding tert-OH is 1. The first-order valence-electron chi connectivity index (χ1n) is 4.72. The van der Waals surface area contributed by atoms with E-state index in [2.05, 4.69) is 17.7 Å². The second-order valence-corrected chi connectivity index (χ2v) is 2.67. The molecule has 13 heavy (non-hydrogen) atoms. The summed E-state index contributed by atoms with van der Waals surface area (Å²) in [7, 11) is 2.09. The number of aliphatic hydroxyl groups is 1. The second kappa shape index (κ2) is 11.4. The van der Waals surface area contributed by atoms with Crippen molar-refractivity contribution in [3.63, 3.8) is 0 Å². The van der Waals surface area contributed by atoms with Crippen LogP contribution in [0.25, 0.3) is 0 Å². The van der Waals surface area contributed by atoms with Gasteiger partial charge in [0.25, 0.3) is 0 Å². The number of nitrogens with two attached hydrogens (primary N) is 1. The lowest BCUT2D eigenvalue weighted by atomic mass is 10.1. The summed E-state index contributed by atoms with van der Waals surface area (Å²) in [4.78, 5) is 10.8. The quantitative estimate of drug-likeness (QED) is 0.536. The number of hydrogen-bond acceptors (Lipinski definition) is 3. The Bertz CT molecular complexity index is 91.8. The molecule has 4 heteroatoms. The number of likely N-dealkylation sites (tertiary alicyclic amines) is 1. The third-order valence-corrected chi connectivity index (χ3v) is 1.69. The third kappa shape index (κ3) is 11.4. The highest BCUT2D eigenvalue weighted by molar-refractivity contribution is 5.42. The van der Waals surface area contributed by atoms with Gasteiger partial charge in [0, 0.05) is 13.1 Å². The lowest BCUT2D eigenvalue weighted by molar-refractivity contribution is -0.106. The molecule has 4 nitrogen and oxygen atoms in total. The van der Waals surface area contributed by atoms with Gasteiger partial charge >= 0.3 is 0 Å². The summed E-state index contributed by atoms with van der Waals surface area (Å²) in [5, 5.41) is 9.00. The summed E-state index contributed by atoms with van der Waals surface area (Å²) in [5.74, 6) is 0. The van der Waals surface area contributed by atoms with Crippen LogP contribution in [0.5, 0.6) is 0 Å². The molecule has 1 saturated heterocycles. The molecule has 1 aliphatic rings. The number of primary amides is 1. The van der Waals surface area contributed by atoms with Crippen LogP contribution in [0.4, 0.5) is 0 Å². The van der Waals surface area contributed by atoms with Gasteiger partial charge in [0.1, 0.15) is 0 Å². The molecule has 0 saturated carbocycles. The Morgan fingerprint density at radius 2 is 1.69 bits per heavy atom. The van der Waals surface area contributed by atoms with E-state index in [4.69, 9.17) is 9.90 Å². The molecule has 3 N–H and O–H groups in total. The fourth-order valence-electron chi connectivity index (χ4n) is 0.995. The molecule has 1 rings (SSSR count). The van der Waals surface area contributed by atoms with Crippen LogP contribution in [0, 0.1) is 0 Å². The molecule has 0 aromatic rings. The van der Waals surface area contributed by atoms with Crippen LogP contribution < -0.4 is 5.73 Å². The lowest BCUT2D eigenvalue weighted by Crippen LogP contribution is -2.32. The van der Waals surface area contributed by atoms with Gasteiger partial charge in [0.15, 0.2) is 0 Å². The Balaban J connectivity index is 0. The zero-order chi connectivity index (χ0) is 10.7. The molecule has 0 bridgehead atoms. The zero-order valence-corrected chi connectivity index (χ0v) is 8.86. The summed E-state index contributed by atoms with van der Waals surface area (Å²) in [6.45, 7) is 6.11. The van der Waals surface area contributed by atoms with Gasteiger partial charge in [-0.05, 0) is 19.9 Å². The van der Waals surface area contributed by atoms with E-state index in [1.54, 1.807) is 0 Å². The summed E-state index contributed by atoms with van der Waals surface area (Å²) >= 11 is 0. The Kier molecular flexibility index (Phi) is 13.0. The van der Waals surface area contributed by atoms with E-state index in [1.807, 2.05) is 13.8 Å². The summed E-state index contributed by atoms with van der Waals surface area (Å²) < 4.78 is 0. The molecule has 0 unspecified atom stereocenters. The highest BCUT2D eigenvalue weighted by atomic mass is 16.3. The van der Waals surface area contributed by atoms with Gasteiger partial charge in [0.2, 0.25) is 6.41 Å². The average Bonchev–Trinajstić information content (AvgIpc) is 2.15. The largest absolute Gasteiger partial charge is 0.393 e. The first kappa shape index (κ1) is 14.9. The van der Waals surface area contributed by atoms with Gasteiger partial charge in [0.05, 0.1) is 6.10 Å². The van der Waals surface area contributed by atoms with E-state index in [9.17, 15) is 0 Å². The highest BCUT2D eigenvalue weighted by Gasteiger charge is 2.12. The van der Waals surface area contributed by atoms with Crippen molar-refractivity contribution in [2.45, 2.75) is 32.8 Å². The monoisotopic (exact) mass is 190 g/mol. The fourth-order valence-corrected chi connectivity index (χ4v) is 0.995. The smallest absolute Gasteiger partial charge is 0.204 e. The van der Waals surface area contributed by atoms with Crippen molar-refractivity contribution in [3.8, 4) is 0 Å². The number of amides is 1. The Labute approximate surface area is 80.7 Å². The van der Waals surface area contributed by atoms with Crippen LogP contribution >= 0.6 is 0 Å². The topological polar surface area (TPSA) is 66.6 Å². The van der Waals surface area contributed by atoms with Gasteiger partial charge in [-0.15, -0.1) is 0 Å². The predicted molar refractivity (Wildman–Crippen MR) is 54.3 cm³/mol. The molecule has 1 aliphatic heterocycles.